The predicted molar refractivity (Wildman–Crippen MR) is 76.1 cm³/mol. The molecule has 0 saturated heterocycles. The fourth-order valence-corrected chi connectivity index (χ4v) is 1.55. The first-order chi connectivity index (χ1) is 9.88. The summed E-state index contributed by atoms with van der Waals surface area (Å²) < 4.78 is 0. The number of carbonyl (C=O) groups is 1. The Bertz CT molecular complexity index is 559. The lowest BCUT2D eigenvalue weighted by molar-refractivity contribution is 0.103. The Balaban J connectivity index is 0.000000205. The number of hydrogen-bond donors (Lipinski definition) is 0. The third-order valence-corrected chi connectivity index (χ3v) is 2.47. The lowest BCUT2D eigenvalue weighted by Crippen LogP contribution is -1.99. The summed E-state index contributed by atoms with van der Waals surface area (Å²) in [5.41, 5.74) is 1.47. The molecule has 20 heavy (non-hydrogen) atoms. The van der Waals surface area contributed by atoms with Crippen LogP contribution < -0.4 is 0 Å². The molecule has 0 aliphatic rings. The van der Waals surface area contributed by atoms with Gasteiger partial charge in [0.1, 0.15) is 19.0 Å². The first-order valence-corrected chi connectivity index (χ1v) is 6.07. The second kappa shape index (κ2) is 7.53. The summed E-state index contributed by atoms with van der Waals surface area (Å²) in [5, 5.41) is 0. The van der Waals surface area contributed by atoms with Crippen LogP contribution in [0.4, 0.5) is 0 Å². The molecule has 0 aliphatic carbocycles. The van der Waals surface area contributed by atoms with E-state index in [2.05, 4.69) is 15.0 Å². The van der Waals surface area contributed by atoms with Crippen molar-refractivity contribution in [2.45, 2.75) is 0 Å². The Morgan fingerprint density at radius 2 is 0.950 bits per heavy atom. The van der Waals surface area contributed by atoms with Gasteiger partial charge in [0.25, 0.3) is 0 Å². The largest absolute Gasteiger partial charge is 0.289 e. The van der Waals surface area contributed by atoms with Crippen LogP contribution in [0.15, 0.2) is 79.6 Å². The molecule has 0 saturated carbocycles. The van der Waals surface area contributed by atoms with Crippen molar-refractivity contribution in [1.82, 2.24) is 15.0 Å². The molecule has 1 heterocycles. The second-order valence-corrected chi connectivity index (χ2v) is 3.85. The lowest BCUT2D eigenvalue weighted by Gasteiger charge is -1.99. The maximum atomic E-state index is 11.8. The van der Waals surface area contributed by atoms with Gasteiger partial charge in [-0.3, -0.25) is 4.79 Å². The normalized spacial score (nSPS) is 9.20. The molecule has 0 unspecified atom stereocenters. The van der Waals surface area contributed by atoms with Gasteiger partial charge in [0.15, 0.2) is 5.78 Å². The topological polar surface area (TPSA) is 55.7 Å². The first kappa shape index (κ1) is 13.5. The number of aromatic nitrogens is 3. The van der Waals surface area contributed by atoms with Crippen LogP contribution in [-0.4, -0.2) is 20.7 Å². The zero-order chi connectivity index (χ0) is 14.0. The van der Waals surface area contributed by atoms with E-state index in [9.17, 15) is 4.79 Å². The fourth-order valence-electron chi connectivity index (χ4n) is 1.55. The molecule has 0 fully saturated rings. The fraction of sp³-hybridized carbons (Fsp3) is 0. The third-order valence-electron chi connectivity index (χ3n) is 2.47. The number of hydrogen-bond acceptors (Lipinski definition) is 4. The molecule has 1 aromatic heterocycles. The van der Waals surface area contributed by atoms with Crippen molar-refractivity contribution in [1.29, 1.82) is 0 Å². The third kappa shape index (κ3) is 4.10. The molecule has 0 atom stereocenters. The van der Waals surface area contributed by atoms with Gasteiger partial charge < -0.3 is 0 Å². The van der Waals surface area contributed by atoms with Crippen molar-refractivity contribution in [3.05, 3.63) is 90.8 Å². The quantitative estimate of drug-likeness (QED) is 0.667. The average molecular weight is 263 g/mol. The summed E-state index contributed by atoms with van der Waals surface area (Å²) >= 11 is 0. The van der Waals surface area contributed by atoms with E-state index in [1.165, 1.54) is 19.0 Å². The van der Waals surface area contributed by atoms with Crippen molar-refractivity contribution in [2.24, 2.45) is 0 Å². The van der Waals surface area contributed by atoms with Crippen LogP contribution >= 0.6 is 0 Å². The Hall–Kier alpha value is -2.88. The van der Waals surface area contributed by atoms with Gasteiger partial charge in [0.05, 0.1) is 0 Å². The van der Waals surface area contributed by atoms with E-state index in [1.54, 1.807) is 0 Å². The Kier molecular flexibility index (Phi) is 5.10. The van der Waals surface area contributed by atoms with Gasteiger partial charge in [-0.15, -0.1) is 0 Å². The Labute approximate surface area is 117 Å². The van der Waals surface area contributed by atoms with Gasteiger partial charge in [-0.25, -0.2) is 15.0 Å². The van der Waals surface area contributed by atoms with Gasteiger partial charge in [-0.05, 0) is 0 Å². The van der Waals surface area contributed by atoms with E-state index < -0.39 is 0 Å². The van der Waals surface area contributed by atoms with Gasteiger partial charge in [-0.2, -0.15) is 0 Å². The zero-order valence-electron chi connectivity index (χ0n) is 10.8. The highest BCUT2D eigenvalue weighted by Crippen LogP contribution is 2.08. The molecule has 4 nitrogen and oxygen atoms in total. The summed E-state index contributed by atoms with van der Waals surface area (Å²) in [7, 11) is 0. The Morgan fingerprint density at radius 1 is 0.600 bits per heavy atom. The minimum Gasteiger partial charge on any atom is -0.289 e. The first-order valence-electron chi connectivity index (χ1n) is 6.07. The number of rotatable bonds is 2. The average Bonchev–Trinajstić information content (AvgIpc) is 2.58. The minimum absolute atomic E-state index is 0.0752. The summed E-state index contributed by atoms with van der Waals surface area (Å²) in [6.07, 6.45) is 4.31. The summed E-state index contributed by atoms with van der Waals surface area (Å²) in [6.45, 7) is 0. The number of nitrogens with zero attached hydrogens (tertiary/aromatic N) is 3. The molecule has 0 spiro atoms. The molecule has 98 valence electrons. The van der Waals surface area contributed by atoms with Crippen LogP contribution in [-0.2, 0) is 0 Å². The SMILES string of the molecule is O=C(c1ccccc1)c1ccccc1.c1ncncn1. The van der Waals surface area contributed by atoms with Gasteiger partial charge in [-0.1, -0.05) is 60.7 Å². The van der Waals surface area contributed by atoms with E-state index in [1.807, 2.05) is 60.7 Å². The smallest absolute Gasteiger partial charge is 0.193 e. The molecule has 4 heteroatoms. The molecule has 0 bridgehead atoms. The molecule has 0 aliphatic heterocycles. The van der Waals surface area contributed by atoms with Crippen LogP contribution in [0.1, 0.15) is 15.9 Å². The van der Waals surface area contributed by atoms with Crippen molar-refractivity contribution < 1.29 is 4.79 Å². The van der Waals surface area contributed by atoms with Crippen LogP contribution in [0.25, 0.3) is 0 Å². The van der Waals surface area contributed by atoms with Crippen LogP contribution in [0, 0.1) is 0 Å². The number of ketones is 1. The van der Waals surface area contributed by atoms with Crippen molar-refractivity contribution in [3.63, 3.8) is 0 Å². The van der Waals surface area contributed by atoms with E-state index in [0.29, 0.717) is 0 Å². The molecule has 0 N–H and O–H groups in total. The van der Waals surface area contributed by atoms with E-state index in [4.69, 9.17) is 0 Å². The molecular formula is C16H13N3O. The van der Waals surface area contributed by atoms with Crippen LogP contribution in [0.3, 0.4) is 0 Å². The standard InChI is InChI=1S/C13H10O.C3H3N3/c14-13(11-7-3-1-4-8-11)12-9-5-2-6-10-12;1-4-2-6-3-5-1/h1-10H;1-3H. The maximum Gasteiger partial charge on any atom is 0.193 e. The summed E-state index contributed by atoms with van der Waals surface area (Å²) in [5.74, 6) is 0.0752. The monoisotopic (exact) mass is 263 g/mol. The van der Waals surface area contributed by atoms with E-state index >= 15 is 0 Å². The van der Waals surface area contributed by atoms with E-state index in [0.717, 1.165) is 11.1 Å². The molecule has 0 amide bonds. The van der Waals surface area contributed by atoms with Gasteiger partial charge in [0, 0.05) is 11.1 Å². The van der Waals surface area contributed by atoms with Crippen molar-refractivity contribution >= 4 is 5.78 Å². The predicted octanol–water partition coefficient (Wildman–Crippen LogP) is 2.79. The zero-order valence-corrected chi connectivity index (χ0v) is 10.8. The van der Waals surface area contributed by atoms with Gasteiger partial charge in [0.2, 0.25) is 0 Å². The van der Waals surface area contributed by atoms with Crippen molar-refractivity contribution in [3.8, 4) is 0 Å². The number of benzene rings is 2. The molecule has 0 radical (unpaired) electrons. The molecule has 3 rings (SSSR count). The molecule has 2 aromatic carbocycles. The summed E-state index contributed by atoms with van der Waals surface area (Å²) in [4.78, 5) is 22.5. The highest BCUT2D eigenvalue weighted by atomic mass is 16.1. The second-order valence-electron chi connectivity index (χ2n) is 3.85. The Morgan fingerprint density at radius 3 is 1.25 bits per heavy atom. The highest BCUT2D eigenvalue weighted by molar-refractivity contribution is 6.08. The maximum absolute atomic E-state index is 11.8. The number of carbonyl (C=O) groups excluding carboxylic acids is 1. The summed E-state index contributed by atoms with van der Waals surface area (Å²) in [6, 6.07) is 18.6. The van der Waals surface area contributed by atoms with Crippen LogP contribution in [0.2, 0.25) is 0 Å². The van der Waals surface area contributed by atoms with Crippen molar-refractivity contribution in [2.75, 3.05) is 0 Å². The van der Waals surface area contributed by atoms with Crippen LogP contribution in [0.5, 0.6) is 0 Å². The van der Waals surface area contributed by atoms with Gasteiger partial charge >= 0.3 is 0 Å². The van der Waals surface area contributed by atoms with E-state index in [-0.39, 0.29) is 5.78 Å². The highest BCUT2D eigenvalue weighted by Gasteiger charge is 2.06. The molecular weight excluding hydrogens is 250 g/mol. The minimum atomic E-state index is 0.0752. The molecule has 3 aromatic rings. The lowest BCUT2D eigenvalue weighted by atomic mass is 10.0.